The van der Waals surface area contributed by atoms with E-state index in [4.69, 9.17) is 9.47 Å². The molecule has 0 radical (unpaired) electrons. The van der Waals surface area contributed by atoms with Gasteiger partial charge in [0.25, 0.3) is 0 Å². The van der Waals surface area contributed by atoms with Gasteiger partial charge in [0.05, 0.1) is 37.3 Å². The van der Waals surface area contributed by atoms with Crippen LogP contribution in [0.15, 0.2) is 24.4 Å². The maximum absolute atomic E-state index is 11.8. The Morgan fingerprint density at radius 3 is 3.00 bits per heavy atom. The van der Waals surface area contributed by atoms with Crippen LogP contribution in [0, 0.1) is 0 Å². The van der Waals surface area contributed by atoms with E-state index in [-0.39, 0.29) is 18.2 Å². The fourth-order valence-electron chi connectivity index (χ4n) is 3.15. The number of ether oxygens (including phenoxy) is 2. The van der Waals surface area contributed by atoms with Crippen LogP contribution in [0.1, 0.15) is 18.5 Å². The molecule has 0 aromatic carbocycles. The summed E-state index contributed by atoms with van der Waals surface area (Å²) in [7, 11) is -3.19. The van der Waals surface area contributed by atoms with E-state index in [9.17, 15) is 8.42 Å². The van der Waals surface area contributed by atoms with Crippen molar-refractivity contribution in [3.8, 4) is 0 Å². The van der Waals surface area contributed by atoms with E-state index in [1.54, 1.807) is 10.5 Å². The zero-order valence-corrected chi connectivity index (χ0v) is 12.8. The van der Waals surface area contributed by atoms with E-state index in [0.717, 1.165) is 18.5 Å². The summed E-state index contributed by atoms with van der Waals surface area (Å²) < 4.78 is 36.9. The highest BCUT2D eigenvalue weighted by Crippen LogP contribution is 2.33. The third-order valence-electron chi connectivity index (χ3n) is 4.08. The van der Waals surface area contributed by atoms with Crippen molar-refractivity contribution in [1.29, 1.82) is 0 Å². The molecule has 0 spiro atoms. The lowest BCUT2D eigenvalue weighted by molar-refractivity contribution is -0.101. The predicted octanol–water partition coefficient (Wildman–Crippen LogP) is 0.790. The summed E-state index contributed by atoms with van der Waals surface area (Å²) in [4.78, 5) is 4.23. The summed E-state index contributed by atoms with van der Waals surface area (Å²) in [6, 6.07) is 5.61. The quantitative estimate of drug-likeness (QED) is 0.822. The van der Waals surface area contributed by atoms with Crippen LogP contribution in [0.5, 0.6) is 0 Å². The minimum atomic E-state index is -3.19. The predicted molar refractivity (Wildman–Crippen MR) is 77.1 cm³/mol. The number of aromatic nitrogens is 1. The molecule has 2 aliphatic rings. The zero-order chi connectivity index (χ0) is 14.9. The van der Waals surface area contributed by atoms with Crippen LogP contribution in [0.3, 0.4) is 0 Å². The van der Waals surface area contributed by atoms with Crippen molar-refractivity contribution in [2.75, 3.05) is 19.4 Å². The van der Waals surface area contributed by atoms with Crippen LogP contribution < -0.4 is 0 Å². The number of pyridine rings is 1. The lowest BCUT2D eigenvalue weighted by Crippen LogP contribution is -2.53. The molecule has 116 valence electrons. The van der Waals surface area contributed by atoms with Crippen molar-refractivity contribution in [2.24, 2.45) is 0 Å². The molecule has 2 heterocycles. The molecule has 6 nitrogen and oxygen atoms in total. The van der Waals surface area contributed by atoms with Crippen molar-refractivity contribution in [1.82, 2.24) is 9.29 Å². The van der Waals surface area contributed by atoms with Gasteiger partial charge in [-0.3, -0.25) is 4.98 Å². The third-order valence-corrected chi connectivity index (χ3v) is 5.39. The van der Waals surface area contributed by atoms with E-state index in [1.165, 1.54) is 6.26 Å². The first-order valence-corrected chi connectivity index (χ1v) is 9.00. The Labute approximate surface area is 125 Å². The highest BCUT2D eigenvalue weighted by Gasteiger charge is 2.46. The van der Waals surface area contributed by atoms with Crippen molar-refractivity contribution in [3.05, 3.63) is 30.1 Å². The standard InChI is InChI=1S/C14H20N2O4S/c1-21(17,18)16-8-9-19-14-12(16)5-6-13(14)20-10-11-4-2-3-7-15-11/h2-4,7,12-14H,5-6,8-10H2,1H3/t12-,13+,14-/m1/s1. The Bertz CT molecular complexity index is 578. The van der Waals surface area contributed by atoms with Gasteiger partial charge in [-0.2, -0.15) is 4.31 Å². The molecule has 3 rings (SSSR count). The second-order valence-corrected chi connectivity index (χ2v) is 7.46. The SMILES string of the molecule is CS(=O)(=O)N1CCO[C@H]2[C@@H](OCc3ccccn3)CC[C@H]21. The normalized spacial score (nSPS) is 30.2. The van der Waals surface area contributed by atoms with Gasteiger partial charge in [-0.15, -0.1) is 0 Å². The van der Waals surface area contributed by atoms with Crippen LogP contribution in [-0.2, 0) is 26.1 Å². The monoisotopic (exact) mass is 312 g/mol. The van der Waals surface area contributed by atoms with Gasteiger partial charge in [0.15, 0.2) is 0 Å². The van der Waals surface area contributed by atoms with Crippen molar-refractivity contribution in [3.63, 3.8) is 0 Å². The number of morpholine rings is 1. The van der Waals surface area contributed by atoms with Gasteiger partial charge in [-0.1, -0.05) is 6.07 Å². The second kappa shape index (κ2) is 6.00. The highest BCUT2D eigenvalue weighted by molar-refractivity contribution is 7.88. The fourth-order valence-corrected chi connectivity index (χ4v) is 4.27. The molecule has 1 aliphatic carbocycles. The molecule has 1 aromatic heterocycles. The smallest absolute Gasteiger partial charge is 0.211 e. The van der Waals surface area contributed by atoms with Gasteiger partial charge in [0.2, 0.25) is 10.0 Å². The number of sulfonamides is 1. The third kappa shape index (κ3) is 3.26. The summed E-state index contributed by atoms with van der Waals surface area (Å²) in [6.07, 6.45) is 4.35. The van der Waals surface area contributed by atoms with Crippen LogP contribution in [0.4, 0.5) is 0 Å². The maximum Gasteiger partial charge on any atom is 0.211 e. The minimum absolute atomic E-state index is 0.0680. The summed E-state index contributed by atoms with van der Waals surface area (Å²) in [6.45, 7) is 1.29. The average Bonchev–Trinajstić information content (AvgIpc) is 2.88. The first-order chi connectivity index (χ1) is 10.1. The van der Waals surface area contributed by atoms with E-state index in [1.807, 2.05) is 18.2 Å². The Kier molecular flexibility index (Phi) is 4.26. The van der Waals surface area contributed by atoms with Crippen molar-refractivity contribution >= 4 is 10.0 Å². The first kappa shape index (κ1) is 14.9. The fraction of sp³-hybridized carbons (Fsp3) is 0.643. The summed E-state index contributed by atoms with van der Waals surface area (Å²) in [5, 5.41) is 0. The lowest BCUT2D eigenvalue weighted by atomic mass is 10.1. The number of hydrogen-bond donors (Lipinski definition) is 0. The van der Waals surface area contributed by atoms with Crippen LogP contribution in [-0.4, -0.2) is 55.4 Å². The Morgan fingerprint density at radius 1 is 1.43 bits per heavy atom. The van der Waals surface area contributed by atoms with Crippen LogP contribution in [0.25, 0.3) is 0 Å². The Balaban J connectivity index is 1.64. The molecular weight excluding hydrogens is 292 g/mol. The molecule has 1 saturated carbocycles. The van der Waals surface area contributed by atoms with E-state index in [0.29, 0.717) is 19.8 Å². The molecule has 1 aliphatic heterocycles. The molecule has 0 amide bonds. The van der Waals surface area contributed by atoms with Gasteiger partial charge < -0.3 is 9.47 Å². The number of rotatable bonds is 4. The zero-order valence-electron chi connectivity index (χ0n) is 12.0. The van der Waals surface area contributed by atoms with Gasteiger partial charge in [0, 0.05) is 12.7 Å². The molecule has 1 aromatic rings. The van der Waals surface area contributed by atoms with Crippen LogP contribution >= 0.6 is 0 Å². The molecule has 3 atom stereocenters. The number of hydrogen-bond acceptors (Lipinski definition) is 5. The Morgan fingerprint density at radius 2 is 2.29 bits per heavy atom. The molecule has 2 fully saturated rings. The maximum atomic E-state index is 11.8. The minimum Gasteiger partial charge on any atom is -0.372 e. The summed E-state index contributed by atoms with van der Waals surface area (Å²) in [5.74, 6) is 0. The largest absolute Gasteiger partial charge is 0.372 e. The molecule has 1 saturated heterocycles. The summed E-state index contributed by atoms with van der Waals surface area (Å²) >= 11 is 0. The summed E-state index contributed by atoms with van der Waals surface area (Å²) in [5.41, 5.74) is 0.872. The molecule has 0 unspecified atom stereocenters. The number of nitrogens with zero attached hydrogens (tertiary/aromatic N) is 2. The van der Waals surface area contributed by atoms with Gasteiger partial charge in [-0.05, 0) is 25.0 Å². The molecule has 0 N–H and O–H groups in total. The van der Waals surface area contributed by atoms with Gasteiger partial charge in [-0.25, -0.2) is 8.42 Å². The molecular formula is C14H20N2O4S. The topological polar surface area (TPSA) is 68.7 Å². The van der Waals surface area contributed by atoms with Crippen LogP contribution in [0.2, 0.25) is 0 Å². The molecule has 0 bridgehead atoms. The van der Waals surface area contributed by atoms with Gasteiger partial charge in [0.1, 0.15) is 6.10 Å². The lowest BCUT2D eigenvalue weighted by Gasteiger charge is -2.37. The van der Waals surface area contributed by atoms with Gasteiger partial charge >= 0.3 is 0 Å². The van der Waals surface area contributed by atoms with E-state index < -0.39 is 10.0 Å². The van der Waals surface area contributed by atoms with E-state index in [2.05, 4.69) is 4.98 Å². The second-order valence-electron chi connectivity index (χ2n) is 5.52. The van der Waals surface area contributed by atoms with E-state index >= 15 is 0 Å². The van der Waals surface area contributed by atoms with Crippen molar-refractivity contribution < 1.29 is 17.9 Å². The first-order valence-electron chi connectivity index (χ1n) is 7.15. The molecule has 21 heavy (non-hydrogen) atoms. The highest BCUT2D eigenvalue weighted by atomic mass is 32.2. The van der Waals surface area contributed by atoms with Crippen molar-refractivity contribution in [2.45, 2.75) is 37.7 Å². The molecule has 7 heteroatoms. The average molecular weight is 312 g/mol. The Hall–Kier alpha value is -1.02. The number of fused-ring (bicyclic) bond motifs is 1.